The second-order valence-electron chi connectivity index (χ2n) is 4.88. The summed E-state index contributed by atoms with van der Waals surface area (Å²) in [5.41, 5.74) is 5.49. The van der Waals surface area contributed by atoms with Crippen LogP contribution in [0, 0.1) is 0 Å². The third-order valence-electron chi connectivity index (χ3n) is 3.47. The summed E-state index contributed by atoms with van der Waals surface area (Å²) in [5, 5.41) is 13.8. The third-order valence-corrected chi connectivity index (χ3v) is 3.47. The number of aromatic hydroxyl groups is 1. The quantitative estimate of drug-likeness (QED) is 0.829. The van der Waals surface area contributed by atoms with Gasteiger partial charge in [0, 0.05) is 6.20 Å². The van der Waals surface area contributed by atoms with E-state index in [9.17, 15) is 9.90 Å². The summed E-state index contributed by atoms with van der Waals surface area (Å²) in [7, 11) is 0. The fraction of sp³-hybridized carbons (Fsp3) is 0.188. The van der Waals surface area contributed by atoms with E-state index < -0.39 is 5.91 Å². The zero-order valence-electron chi connectivity index (χ0n) is 11.4. The Morgan fingerprint density at radius 1 is 1.19 bits per heavy atom. The number of carbonyl (C=O) groups is 1. The molecule has 1 aromatic heterocycles. The molecule has 5 heteroatoms. The number of phenols is 1. The van der Waals surface area contributed by atoms with E-state index >= 15 is 0 Å². The maximum Gasteiger partial charge on any atom is 0.275 e. The fourth-order valence-corrected chi connectivity index (χ4v) is 2.42. The van der Waals surface area contributed by atoms with E-state index in [1.165, 1.54) is 6.07 Å². The zero-order valence-corrected chi connectivity index (χ0v) is 11.4. The second kappa shape index (κ2) is 5.75. The number of phenolic OH excluding ortho intramolecular Hbond substituents is 1. The van der Waals surface area contributed by atoms with E-state index in [4.69, 9.17) is 0 Å². The number of rotatable bonds is 2. The van der Waals surface area contributed by atoms with E-state index in [0.717, 1.165) is 36.2 Å². The van der Waals surface area contributed by atoms with E-state index in [0.29, 0.717) is 0 Å². The third kappa shape index (κ3) is 2.76. The number of hydrazone groups is 1. The monoisotopic (exact) mass is 281 g/mol. The van der Waals surface area contributed by atoms with Gasteiger partial charge in [-0.15, -0.1) is 0 Å². The number of hydrogen-bond acceptors (Lipinski definition) is 4. The van der Waals surface area contributed by atoms with Crippen LogP contribution < -0.4 is 5.43 Å². The van der Waals surface area contributed by atoms with Gasteiger partial charge in [-0.3, -0.25) is 9.78 Å². The van der Waals surface area contributed by atoms with Crippen molar-refractivity contribution in [3.63, 3.8) is 0 Å². The molecule has 0 saturated heterocycles. The lowest BCUT2D eigenvalue weighted by molar-refractivity contribution is 0.0952. The molecule has 21 heavy (non-hydrogen) atoms. The van der Waals surface area contributed by atoms with Gasteiger partial charge in [0.2, 0.25) is 0 Å². The lowest BCUT2D eigenvalue weighted by atomic mass is 9.95. The second-order valence-corrected chi connectivity index (χ2v) is 4.88. The summed E-state index contributed by atoms with van der Waals surface area (Å²) in [6.07, 6.45) is 4.48. The van der Waals surface area contributed by atoms with Crippen LogP contribution in [0.25, 0.3) is 0 Å². The molecule has 0 atom stereocenters. The number of amides is 1. The van der Waals surface area contributed by atoms with Crippen molar-refractivity contribution in [2.45, 2.75) is 19.3 Å². The normalized spacial score (nSPS) is 15.5. The summed E-state index contributed by atoms with van der Waals surface area (Å²) < 4.78 is 0. The van der Waals surface area contributed by atoms with Gasteiger partial charge in [0.1, 0.15) is 5.75 Å². The van der Waals surface area contributed by atoms with Crippen molar-refractivity contribution in [3.05, 3.63) is 59.4 Å². The highest BCUT2D eigenvalue weighted by Crippen LogP contribution is 2.19. The molecule has 0 bridgehead atoms. The summed E-state index contributed by atoms with van der Waals surface area (Å²) >= 11 is 0. The van der Waals surface area contributed by atoms with E-state index in [1.807, 2.05) is 12.1 Å². The van der Waals surface area contributed by atoms with Gasteiger partial charge in [-0.1, -0.05) is 18.2 Å². The van der Waals surface area contributed by atoms with Crippen LogP contribution >= 0.6 is 0 Å². The first-order valence-corrected chi connectivity index (χ1v) is 6.85. The molecule has 1 aliphatic rings. The maximum absolute atomic E-state index is 12.0. The minimum absolute atomic E-state index is 0.0580. The fourth-order valence-electron chi connectivity index (χ4n) is 2.42. The number of hydrogen-bond donors (Lipinski definition) is 2. The molecular formula is C16H15N3O2. The van der Waals surface area contributed by atoms with Crippen molar-refractivity contribution in [1.82, 2.24) is 10.4 Å². The number of benzene rings is 1. The van der Waals surface area contributed by atoms with Crippen LogP contribution in [0.3, 0.4) is 0 Å². The van der Waals surface area contributed by atoms with Crippen molar-refractivity contribution in [3.8, 4) is 5.75 Å². The molecule has 1 aromatic carbocycles. The van der Waals surface area contributed by atoms with Gasteiger partial charge in [-0.05, 0) is 43.0 Å². The molecule has 1 aliphatic carbocycles. The molecule has 106 valence electrons. The van der Waals surface area contributed by atoms with Crippen LogP contribution in [0.2, 0.25) is 0 Å². The van der Waals surface area contributed by atoms with E-state index in [1.54, 1.807) is 24.4 Å². The Hall–Kier alpha value is -2.69. The van der Waals surface area contributed by atoms with Crippen LogP contribution in [0.4, 0.5) is 0 Å². The number of nitrogens with one attached hydrogen (secondary N) is 1. The van der Waals surface area contributed by atoms with Crippen LogP contribution in [0.5, 0.6) is 5.75 Å². The molecular weight excluding hydrogens is 266 g/mol. The SMILES string of the molecule is O=C(NN=C1CCCc2cccnc21)c1ccccc1O. The highest BCUT2D eigenvalue weighted by molar-refractivity contribution is 6.03. The van der Waals surface area contributed by atoms with Crippen LogP contribution in [0.1, 0.15) is 34.5 Å². The summed E-state index contributed by atoms with van der Waals surface area (Å²) in [6, 6.07) is 10.3. The van der Waals surface area contributed by atoms with Gasteiger partial charge in [-0.25, -0.2) is 5.43 Å². The molecule has 3 rings (SSSR count). The Bertz CT molecular complexity index is 710. The van der Waals surface area contributed by atoms with Crippen molar-refractivity contribution < 1.29 is 9.90 Å². The van der Waals surface area contributed by atoms with Crippen molar-refractivity contribution in [1.29, 1.82) is 0 Å². The predicted molar refractivity (Wildman–Crippen MR) is 79.3 cm³/mol. The van der Waals surface area contributed by atoms with E-state index in [-0.39, 0.29) is 11.3 Å². The first-order valence-electron chi connectivity index (χ1n) is 6.85. The average Bonchev–Trinajstić information content (AvgIpc) is 2.53. The molecule has 0 unspecified atom stereocenters. The Balaban J connectivity index is 1.82. The lowest BCUT2D eigenvalue weighted by Gasteiger charge is -2.16. The summed E-state index contributed by atoms with van der Waals surface area (Å²) in [4.78, 5) is 16.4. The van der Waals surface area contributed by atoms with Crippen LogP contribution in [-0.2, 0) is 6.42 Å². The molecule has 1 heterocycles. The number of para-hydroxylation sites is 1. The van der Waals surface area contributed by atoms with Crippen molar-refractivity contribution >= 4 is 11.6 Å². The standard InChI is InChI=1S/C16H15N3O2/c20-14-9-2-1-7-12(14)16(21)19-18-13-8-3-5-11-6-4-10-17-15(11)13/h1-2,4,6-7,9-10,20H,3,5,8H2,(H,19,21). The molecule has 0 aliphatic heterocycles. The largest absolute Gasteiger partial charge is 0.507 e. The number of nitrogens with zero attached hydrogens (tertiary/aromatic N) is 2. The van der Waals surface area contributed by atoms with Gasteiger partial charge in [-0.2, -0.15) is 5.10 Å². The molecule has 0 saturated carbocycles. The lowest BCUT2D eigenvalue weighted by Crippen LogP contribution is -2.22. The molecule has 2 N–H and O–H groups in total. The highest BCUT2D eigenvalue weighted by Gasteiger charge is 2.17. The first kappa shape index (κ1) is 13.3. The minimum Gasteiger partial charge on any atom is -0.507 e. The summed E-state index contributed by atoms with van der Waals surface area (Å²) in [5.74, 6) is -0.485. The van der Waals surface area contributed by atoms with Gasteiger partial charge in [0.15, 0.2) is 0 Å². The number of fused-ring (bicyclic) bond motifs is 1. The van der Waals surface area contributed by atoms with Gasteiger partial charge < -0.3 is 5.11 Å². The summed E-state index contributed by atoms with van der Waals surface area (Å²) in [6.45, 7) is 0. The highest BCUT2D eigenvalue weighted by atomic mass is 16.3. The molecule has 2 aromatic rings. The number of carbonyl (C=O) groups excluding carboxylic acids is 1. The molecule has 1 amide bonds. The number of aromatic nitrogens is 1. The maximum atomic E-state index is 12.0. The number of pyridine rings is 1. The Kier molecular flexibility index (Phi) is 3.64. The van der Waals surface area contributed by atoms with Gasteiger partial charge >= 0.3 is 0 Å². The first-order chi connectivity index (χ1) is 10.3. The van der Waals surface area contributed by atoms with E-state index in [2.05, 4.69) is 15.5 Å². The number of aryl methyl sites for hydroxylation is 1. The molecule has 5 nitrogen and oxygen atoms in total. The smallest absolute Gasteiger partial charge is 0.275 e. The van der Waals surface area contributed by atoms with Crippen LogP contribution in [-0.4, -0.2) is 21.7 Å². The van der Waals surface area contributed by atoms with Crippen molar-refractivity contribution in [2.24, 2.45) is 5.10 Å². The average molecular weight is 281 g/mol. The Morgan fingerprint density at radius 2 is 2.05 bits per heavy atom. The topological polar surface area (TPSA) is 74.6 Å². The van der Waals surface area contributed by atoms with Gasteiger partial charge in [0.05, 0.1) is 17.0 Å². The van der Waals surface area contributed by atoms with Gasteiger partial charge in [0.25, 0.3) is 5.91 Å². The van der Waals surface area contributed by atoms with Crippen LogP contribution in [0.15, 0.2) is 47.7 Å². The minimum atomic E-state index is -0.427. The molecule has 0 spiro atoms. The zero-order chi connectivity index (χ0) is 14.7. The Labute approximate surface area is 122 Å². The molecule has 0 radical (unpaired) electrons. The predicted octanol–water partition coefficient (Wildman–Crippen LogP) is 2.26. The van der Waals surface area contributed by atoms with Crippen molar-refractivity contribution in [2.75, 3.05) is 0 Å². The Morgan fingerprint density at radius 3 is 2.90 bits per heavy atom. The molecule has 0 fully saturated rings.